The van der Waals surface area contributed by atoms with E-state index in [1.165, 1.54) is 23.5 Å². The number of fused-ring (bicyclic) bond motifs is 1. The summed E-state index contributed by atoms with van der Waals surface area (Å²) in [6.07, 6.45) is -0.887. The average molecular weight is 537 g/mol. The van der Waals surface area contributed by atoms with Gasteiger partial charge in [-0.15, -0.1) is 0 Å². The Morgan fingerprint density at radius 3 is 2.45 bits per heavy atom. The largest absolute Gasteiger partial charge is 0.426 e. The van der Waals surface area contributed by atoms with E-state index >= 15 is 0 Å². The molecule has 4 rings (SSSR count). The van der Waals surface area contributed by atoms with E-state index in [0.717, 1.165) is 26.0 Å². The molecule has 0 radical (unpaired) electrons. The Bertz CT molecular complexity index is 1340. The lowest BCUT2D eigenvalue weighted by Gasteiger charge is -2.41. The second-order valence-corrected chi connectivity index (χ2v) is 9.61. The first-order valence-corrected chi connectivity index (χ1v) is 11.9. The number of alkyl halides is 3. The lowest BCUT2D eigenvalue weighted by molar-refractivity contribution is -0.265. The molecule has 1 saturated heterocycles. The first-order chi connectivity index (χ1) is 17.8. The lowest BCUT2D eigenvalue weighted by atomic mass is 9.83. The lowest BCUT2D eigenvalue weighted by Crippen LogP contribution is -2.64. The van der Waals surface area contributed by atoms with Crippen molar-refractivity contribution in [1.29, 1.82) is 0 Å². The van der Waals surface area contributed by atoms with Gasteiger partial charge in [0.1, 0.15) is 11.6 Å². The number of carbonyl (C=O) groups is 2. The molecule has 3 atom stereocenters. The van der Waals surface area contributed by atoms with E-state index in [2.05, 4.69) is 15.3 Å². The van der Waals surface area contributed by atoms with Crippen LogP contribution in [0.3, 0.4) is 0 Å². The number of halogens is 5. The van der Waals surface area contributed by atoms with Crippen molar-refractivity contribution in [3.05, 3.63) is 71.7 Å². The van der Waals surface area contributed by atoms with Crippen LogP contribution in [0.15, 0.2) is 48.9 Å². The van der Waals surface area contributed by atoms with E-state index in [4.69, 9.17) is 0 Å². The smallest absolute Gasteiger partial charge is 0.372 e. The third kappa shape index (κ3) is 5.04. The van der Waals surface area contributed by atoms with Crippen LogP contribution in [0.5, 0.6) is 0 Å². The number of carbonyl (C=O) groups excluding carboxylic acids is 2. The maximum Gasteiger partial charge on any atom is 0.426 e. The predicted octanol–water partition coefficient (Wildman–Crippen LogP) is 3.97. The summed E-state index contributed by atoms with van der Waals surface area (Å²) < 4.78 is 69.3. The average Bonchev–Trinajstić information content (AvgIpc) is 2.85. The Morgan fingerprint density at radius 2 is 1.82 bits per heavy atom. The van der Waals surface area contributed by atoms with Crippen molar-refractivity contribution in [2.45, 2.75) is 44.0 Å². The summed E-state index contributed by atoms with van der Waals surface area (Å²) in [7, 11) is 0. The van der Waals surface area contributed by atoms with Crippen LogP contribution in [0, 0.1) is 17.6 Å². The highest BCUT2D eigenvalue weighted by atomic mass is 19.4. The number of nitrogens with one attached hydrogen (secondary N) is 1. The minimum absolute atomic E-state index is 0.0668. The van der Waals surface area contributed by atoms with Crippen LogP contribution in [0.1, 0.15) is 42.1 Å². The van der Waals surface area contributed by atoms with Crippen molar-refractivity contribution in [3.63, 3.8) is 0 Å². The summed E-state index contributed by atoms with van der Waals surface area (Å²) >= 11 is 0. The molecule has 2 aromatic heterocycles. The van der Waals surface area contributed by atoms with E-state index in [1.54, 1.807) is 12.1 Å². The number of rotatable bonds is 5. The van der Waals surface area contributed by atoms with Gasteiger partial charge >= 0.3 is 6.18 Å². The molecule has 7 nitrogen and oxygen atoms in total. The molecule has 1 aromatic carbocycles. The number of aliphatic hydroxyl groups is 1. The fourth-order valence-electron chi connectivity index (χ4n) is 4.79. The minimum atomic E-state index is -5.30. The topological polar surface area (TPSA) is 95.4 Å². The van der Waals surface area contributed by atoms with E-state index in [-0.39, 0.29) is 30.6 Å². The van der Waals surface area contributed by atoms with Crippen LogP contribution in [-0.4, -0.2) is 62.7 Å². The zero-order valence-corrected chi connectivity index (χ0v) is 20.5. The molecule has 1 aliphatic rings. The Labute approximate surface area is 214 Å². The van der Waals surface area contributed by atoms with Crippen molar-refractivity contribution in [2.75, 3.05) is 13.1 Å². The van der Waals surface area contributed by atoms with Gasteiger partial charge in [0, 0.05) is 55.0 Å². The van der Waals surface area contributed by atoms with Gasteiger partial charge in [0.05, 0.1) is 17.1 Å². The van der Waals surface area contributed by atoms with E-state index in [1.807, 2.05) is 0 Å². The number of aromatic nitrogens is 2. The summed E-state index contributed by atoms with van der Waals surface area (Å²) in [5.74, 6) is -6.42. The van der Waals surface area contributed by atoms with Crippen molar-refractivity contribution >= 4 is 22.7 Å². The number of hydrogen-bond acceptors (Lipinski definition) is 5. The second-order valence-electron chi connectivity index (χ2n) is 9.61. The van der Waals surface area contributed by atoms with E-state index in [9.17, 15) is 36.6 Å². The highest BCUT2D eigenvalue weighted by molar-refractivity contribution is 6.05. The van der Waals surface area contributed by atoms with Crippen LogP contribution < -0.4 is 5.32 Å². The SMILES string of the molecule is CC(C)C(O)(C(=O)N[C@@H]1CN(C(=O)c2cncc3cccnc23)CC[C@H]1c1cc(F)cc(F)c1)C(F)(F)F. The Kier molecular flexibility index (Phi) is 7.37. The number of hydrogen-bond donors (Lipinski definition) is 2. The number of benzene rings is 1. The number of likely N-dealkylation sites (tertiary alicyclic amines) is 1. The summed E-state index contributed by atoms with van der Waals surface area (Å²) in [6, 6.07) is 4.89. The van der Waals surface area contributed by atoms with Gasteiger partial charge in [-0.2, -0.15) is 13.2 Å². The minimum Gasteiger partial charge on any atom is -0.372 e. The van der Waals surface area contributed by atoms with Gasteiger partial charge < -0.3 is 15.3 Å². The van der Waals surface area contributed by atoms with Gasteiger partial charge in [0.2, 0.25) is 5.60 Å². The van der Waals surface area contributed by atoms with Gasteiger partial charge in [-0.05, 0) is 36.2 Å². The molecule has 3 aromatic rings. The maximum absolute atomic E-state index is 14.0. The monoisotopic (exact) mass is 536 g/mol. The molecule has 0 saturated carbocycles. The van der Waals surface area contributed by atoms with Crippen molar-refractivity contribution in [1.82, 2.24) is 20.2 Å². The third-order valence-electron chi connectivity index (χ3n) is 6.89. The highest BCUT2D eigenvalue weighted by Crippen LogP contribution is 2.38. The van der Waals surface area contributed by atoms with Crippen molar-refractivity contribution in [3.8, 4) is 0 Å². The van der Waals surface area contributed by atoms with Crippen LogP contribution in [0.4, 0.5) is 22.0 Å². The molecule has 3 heterocycles. The van der Waals surface area contributed by atoms with Crippen LogP contribution in [0.2, 0.25) is 0 Å². The van der Waals surface area contributed by atoms with Gasteiger partial charge in [-0.3, -0.25) is 19.6 Å². The quantitative estimate of drug-likeness (QED) is 0.482. The summed E-state index contributed by atoms with van der Waals surface area (Å²) in [6.45, 7) is 1.88. The van der Waals surface area contributed by atoms with Gasteiger partial charge in [0.15, 0.2) is 0 Å². The van der Waals surface area contributed by atoms with Crippen LogP contribution >= 0.6 is 0 Å². The molecule has 1 unspecified atom stereocenters. The Hall–Kier alpha value is -3.67. The predicted molar refractivity (Wildman–Crippen MR) is 127 cm³/mol. The molecule has 2 amide bonds. The molecular weight excluding hydrogens is 511 g/mol. The summed E-state index contributed by atoms with van der Waals surface area (Å²) in [5, 5.41) is 13.2. The van der Waals surface area contributed by atoms with E-state index in [0.29, 0.717) is 17.0 Å². The summed E-state index contributed by atoms with van der Waals surface area (Å²) in [4.78, 5) is 35.9. The molecular formula is C26H25F5N4O3. The number of piperidine rings is 1. The number of amides is 2. The number of pyridine rings is 2. The fraction of sp³-hybridized carbons (Fsp3) is 0.385. The Balaban J connectivity index is 1.69. The normalized spacial score (nSPS) is 19.9. The first-order valence-electron chi connectivity index (χ1n) is 11.9. The molecule has 0 aliphatic carbocycles. The third-order valence-corrected chi connectivity index (χ3v) is 6.89. The summed E-state index contributed by atoms with van der Waals surface area (Å²) in [5.41, 5.74) is -3.10. The highest BCUT2D eigenvalue weighted by Gasteiger charge is 2.61. The van der Waals surface area contributed by atoms with Gasteiger partial charge in [-0.1, -0.05) is 13.8 Å². The van der Waals surface area contributed by atoms with Gasteiger partial charge in [0.25, 0.3) is 11.8 Å². The fourth-order valence-corrected chi connectivity index (χ4v) is 4.79. The molecule has 0 spiro atoms. The Morgan fingerprint density at radius 1 is 1.13 bits per heavy atom. The zero-order chi connectivity index (χ0) is 27.8. The second kappa shape index (κ2) is 10.2. The van der Waals surface area contributed by atoms with Crippen molar-refractivity contribution in [2.24, 2.45) is 5.92 Å². The van der Waals surface area contributed by atoms with Crippen LogP contribution in [-0.2, 0) is 4.79 Å². The van der Waals surface area contributed by atoms with Crippen LogP contribution in [0.25, 0.3) is 10.9 Å². The maximum atomic E-state index is 14.0. The zero-order valence-electron chi connectivity index (χ0n) is 20.5. The molecule has 202 valence electrons. The molecule has 1 aliphatic heterocycles. The molecule has 38 heavy (non-hydrogen) atoms. The molecule has 2 N–H and O–H groups in total. The van der Waals surface area contributed by atoms with Crippen molar-refractivity contribution < 1.29 is 36.6 Å². The van der Waals surface area contributed by atoms with E-state index < -0.39 is 53.1 Å². The first kappa shape index (κ1) is 27.4. The molecule has 1 fully saturated rings. The van der Waals surface area contributed by atoms with Gasteiger partial charge in [-0.25, -0.2) is 8.78 Å². The molecule has 12 heteroatoms. The molecule has 0 bridgehead atoms. The standard InChI is InChI=1S/C26H25F5N4O3/c1-14(2)25(38,26(29,30)31)24(37)34-21-13-35(7-5-19(21)16-8-17(27)10-18(28)9-16)23(36)20-12-32-11-15-4-3-6-33-22(15)20/h3-4,6,8-12,14,19,21,38H,5,7,13H2,1-2H3,(H,34,37)/t19-,21+,25?/m0/s1. The number of nitrogens with zero attached hydrogens (tertiary/aromatic N) is 3.